The summed E-state index contributed by atoms with van der Waals surface area (Å²) >= 11 is 0. The molecule has 0 fully saturated rings. The van der Waals surface area contributed by atoms with Crippen LogP contribution in [0.15, 0.2) is 36.5 Å². The first-order valence-corrected chi connectivity index (χ1v) is 4.28. The summed E-state index contributed by atoms with van der Waals surface area (Å²) in [6, 6.07) is 0. The van der Waals surface area contributed by atoms with Gasteiger partial charge in [0.05, 0.1) is 0 Å². The molecule has 0 aliphatic heterocycles. The average molecular weight is 176 g/mol. The molecule has 13 heavy (non-hydrogen) atoms. The van der Waals surface area contributed by atoms with E-state index in [1.54, 1.807) is 6.08 Å². The maximum absolute atomic E-state index is 4.00. The SMILES string of the molecule is C#C.C=C/C=C\C=C(/C)C(C)(C)C. The summed E-state index contributed by atoms with van der Waals surface area (Å²) in [5.41, 5.74) is 1.67. The zero-order valence-electron chi connectivity index (χ0n) is 9.17. The molecule has 0 aliphatic carbocycles. The highest BCUT2D eigenvalue weighted by Gasteiger charge is 2.10. The highest BCUT2D eigenvalue weighted by Crippen LogP contribution is 2.23. The Morgan fingerprint density at radius 3 is 1.92 bits per heavy atom. The van der Waals surface area contributed by atoms with Crippen molar-refractivity contribution in [3.8, 4) is 12.8 Å². The fourth-order valence-electron chi connectivity index (χ4n) is 0.528. The molecule has 0 aromatic rings. The Hall–Kier alpha value is -1.22. The van der Waals surface area contributed by atoms with Crippen molar-refractivity contribution >= 4 is 0 Å². The second kappa shape index (κ2) is 7.43. The monoisotopic (exact) mass is 176 g/mol. The lowest BCUT2D eigenvalue weighted by Gasteiger charge is -2.18. The summed E-state index contributed by atoms with van der Waals surface area (Å²) in [6.45, 7) is 12.4. The van der Waals surface area contributed by atoms with Gasteiger partial charge in [-0.1, -0.05) is 57.2 Å². The van der Waals surface area contributed by atoms with E-state index < -0.39 is 0 Å². The molecule has 0 N–H and O–H groups in total. The van der Waals surface area contributed by atoms with Crippen LogP contribution in [0.2, 0.25) is 0 Å². The zero-order valence-corrected chi connectivity index (χ0v) is 9.17. The van der Waals surface area contributed by atoms with Gasteiger partial charge >= 0.3 is 0 Å². The van der Waals surface area contributed by atoms with Crippen molar-refractivity contribution in [2.24, 2.45) is 5.41 Å². The second-order valence-electron chi connectivity index (χ2n) is 3.72. The summed E-state index contributed by atoms with van der Waals surface area (Å²) in [4.78, 5) is 0. The smallest absolute Gasteiger partial charge is 0.0173 e. The Morgan fingerprint density at radius 1 is 1.15 bits per heavy atom. The molecule has 0 amide bonds. The van der Waals surface area contributed by atoms with E-state index in [0.717, 1.165) is 0 Å². The van der Waals surface area contributed by atoms with Gasteiger partial charge in [-0.3, -0.25) is 0 Å². The molecule has 0 aromatic heterocycles. The van der Waals surface area contributed by atoms with Gasteiger partial charge in [0.2, 0.25) is 0 Å². The summed E-state index contributed by atoms with van der Waals surface area (Å²) in [7, 11) is 0. The van der Waals surface area contributed by atoms with Crippen LogP contribution in [0.3, 0.4) is 0 Å². The van der Waals surface area contributed by atoms with Crippen LogP contribution in [-0.4, -0.2) is 0 Å². The first-order valence-electron chi connectivity index (χ1n) is 4.28. The van der Waals surface area contributed by atoms with Crippen LogP contribution in [-0.2, 0) is 0 Å². The molecule has 0 heteroatoms. The van der Waals surface area contributed by atoms with E-state index in [9.17, 15) is 0 Å². The number of rotatable bonds is 2. The van der Waals surface area contributed by atoms with E-state index in [4.69, 9.17) is 0 Å². The molecule has 0 nitrogen and oxygen atoms in total. The highest BCUT2D eigenvalue weighted by atomic mass is 14.2. The maximum atomic E-state index is 4.00. The molecule has 0 saturated heterocycles. The number of allylic oxidation sites excluding steroid dienone is 5. The topological polar surface area (TPSA) is 0 Å². The molecule has 0 atom stereocenters. The van der Waals surface area contributed by atoms with E-state index in [-0.39, 0.29) is 5.41 Å². The Kier molecular flexibility index (Phi) is 8.18. The minimum atomic E-state index is 0.283. The van der Waals surface area contributed by atoms with E-state index in [1.165, 1.54) is 5.57 Å². The van der Waals surface area contributed by atoms with Gasteiger partial charge in [0.1, 0.15) is 0 Å². The first-order chi connectivity index (χ1) is 5.98. The zero-order chi connectivity index (χ0) is 10.9. The molecule has 0 saturated carbocycles. The lowest BCUT2D eigenvalue weighted by Crippen LogP contribution is -2.05. The molecule has 0 unspecified atom stereocenters. The van der Waals surface area contributed by atoms with Gasteiger partial charge in [0.15, 0.2) is 0 Å². The molecule has 72 valence electrons. The molecule has 0 aliphatic rings. The van der Waals surface area contributed by atoms with E-state index in [0.29, 0.717) is 0 Å². The lowest BCUT2D eigenvalue weighted by molar-refractivity contribution is 0.504. The van der Waals surface area contributed by atoms with Crippen molar-refractivity contribution in [3.63, 3.8) is 0 Å². The number of terminal acetylenes is 1. The molecule has 0 rings (SSSR count). The minimum Gasteiger partial charge on any atom is -0.124 e. The van der Waals surface area contributed by atoms with Crippen molar-refractivity contribution in [2.45, 2.75) is 27.7 Å². The normalized spacial score (nSPS) is 12.0. The molecule has 0 heterocycles. The Labute approximate surface area is 83.1 Å². The quantitative estimate of drug-likeness (QED) is 0.441. The largest absolute Gasteiger partial charge is 0.124 e. The van der Waals surface area contributed by atoms with Gasteiger partial charge in [-0.15, -0.1) is 12.8 Å². The summed E-state index contributed by atoms with van der Waals surface area (Å²) in [5.74, 6) is 0. The molecular weight excluding hydrogens is 156 g/mol. The van der Waals surface area contributed by atoms with Gasteiger partial charge < -0.3 is 0 Å². The molecular formula is C13H20. The fraction of sp³-hybridized carbons (Fsp3) is 0.385. The van der Waals surface area contributed by atoms with Gasteiger partial charge in [-0.25, -0.2) is 0 Å². The average Bonchev–Trinajstić information content (AvgIpc) is 2.07. The van der Waals surface area contributed by atoms with Crippen LogP contribution >= 0.6 is 0 Å². The Morgan fingerprint density at radius 2 is 1.62 bits per heavy atom. The Balaban J connectivity index is 0. The molecule has 0 spiro atoms. The third kappa shape index (κ3) is 8.69. The standard InChI is InChI=1S/C11H18.C2H2/c1-6-7-8-9-10(2)11(3,4)5;1-2/h6-9H,1H2,2-5H3;1-2H/b8-7-,10-9+;. The van der Waals surface area contributed by atoms with Gasteiger partial charge in [-0.05, 0) is 12.3 Å². The van der Waals surface area contributed by atoms with Gasteiger partial charge in [-0.2, -0.15) is 0 Å². The van der Waals surface area contributed by atoms with Crippen molar-refractivity contribution in [1.82, 2.24) is 0 Å². The molecule has 0 bridgehead atoms. The van der Waals surface area contributed by atoms with Crippen molar-refractivity contribution in [3.05, 3.63) is 36.5 Å². The predicted molar refractivity (Wildman–Crippen MR) is 62.4 cm³/mol. The summed E-state index contributed by atoms with van der Waals surface area (Å²) < 4.78 is 0. The van der Waals surface area contributed by atoms with E-state index >= 15 is 0 Å². The van der Waals surface area contributed by atoms with Crippen LogP contribution in [0.5, 0.6) is 0 Å². The van der Waals surface area contributed by atoms with Crippen molar-refractivity contribution in [2.75, 3.05) is 0 Å². The fourth-order valence-corrected chi connectivity index (χ4v) is 0.528. The minimum absolute atomic E-state index is 0.283. The highest BCUT2D eigenvalue weighted by molar-refractivity contribution is 5.17. The van der Waals surface area contributed by atoms with Crippen molar-refractivity contribution in [1.29, 1.82) is 0 Å². The third-order valence-corrected chi connectivity index (χ3v) is 1.78. The summed E-state index contributed by atoms with van der Waals surface area (Å²) in [6.07, 6.45) is 15.9. The van der Waals surface area contributed by atoms with Gasteiger partial charge in [0.25, 0.3) is 0 Å². The van der Waals surface area contributed by atoms with Crippen LogP contribution in [0.4, 0.5) is 0 Å². The maximum Gasteiger partial charge on any atom is -0.0173 e. The van der Waals surface area contributed by atoms with Gasteiger partial charge in [0, 0.05) is 0 Å². The third-order valence-electron chi connectivity index (χ3n) is 1.78. The lowest BCUT2D eigenvalue weighted by atomic mass is 9.87. The molecule has 0 radical (unpaired) electrons. The van der Waals surface area contributed by atoms with Crippen molar-refractivity contribution < 1.29 is 0 Å². The van der Waals surface area contributed by atoms with E-state index in [1.807, 2.05) is 12.2 Å². The second-order valence-corrected chi connectivity index (χ2v) is 3.72. The van der Waals surface area contributed by atoms with Crippen LogP contribution in [0.1, 0.15) is 27.7 Å². The number of hydrogen-bond acceptors (Lipinski definition) is 0. The Bertz CT molecular complexity index is 206. The first kappa shape index (κ1) is 14.3. The van der Waals surface area contributed by atoms with E-state index in [2.05, 4.69) is 53.2 Å². The number of hydrogen-bond donors (Lipinski definition) is 0. The van der Waals surface area contributed by atoms with Crippen LogP contribution in [0.25, 0.3) is 0 Å². The predicted octanol–water partition coefficient (Wildman–Crippen LogP) is 3.97. The summed E-state index contributed by atoms with van der Waals surface area (Å²) in [5, 5.41) is 0. The van der Waals surface area contributed by atoms with Crippen LogP contribution < -0.4 is 0 Å². The molecule has 0 aromatic carbocycles. The van der Waals surface area contributed by atoms with Crippen LogP contribution in [0, 0.1) is 18.3 Å².